The van der Waals surface area contributed by atoms with E-state index in [1.165, 1.54) is 0 Å². The second kappa shape index (κ2) is 7.70. The van der Waals surface area contributed by atoms with Crippen LogP contribution in [0.2, 0.25) is 0 Å². The average Bonchev–Trinajstić information content (AvgIpc) is 3.35. The van der Waals surface area contributed by atoms with E-state index in [1.807, 2.05) is 46.8 Å². The minimum absolute atomic E-state index is 0.0306. The fraction of sp³-hybridized carbons (Fsp3) is 0.500. The van der Waals surface area contributed by atoms with Crippen LogP contribution in [0.5, 0.6) is 5.75 Å². The van der Waals surface area contributed by atoms with Crippen molar-refractivity contribution >= 4 is 5.91 Å². The van der Waals surface area contributed by atoms with Crippen LogP contribution in [-0.4, -0.2) is 77.9 Å². The van der Waals surface area contributed by atoms with Gasteiger partial charge in [-0.2, -0.15) is 5.10 Å². The zero-order valence-corrected chi connectivity index (χ0v) is 16.0. The van der Waals surface area contributed by atoms with E-state index in [-0.39, 0.29) is 5.91 Å². The standard InChI is InChI=1S/C20H27N5O2/c1-15-13-19(22-25(15)16-3-5-18(27-2)6-4-16)20(26)24-10-7-17(14-24)23-11-8-21-9-12-23/h3-6,13,17,21H,7-12,14H2,1-2H3. The summed E-state index contributed by atoms with van der Waals surface area (Å²) in [7, 11) is 1.65. The monoisotopic (exact) mass is 369 g/mol. The van der Waals surface area contributed by atoms with Crippen molar-refractivity contribution in [3.63, 3.8) is 0 Å². The third kappa shape index (κ3) is 3.70. The number of hydrogen-bond acceptors (Lipinski definition) is 5. The molecule has 0 aliphatic carbocycles. The zero-order chi connectivity index (χ0) is 18.8. The molecule has 4 rings (SSSR count). The Balaban J connectivity index is 1.46. The van der Waals surface area contributed by atoms with Gasteiger partial charge in [-0.3, -0.25) is 9.69 Å². The lowest BCUT2D eigenvalue weighted by Crippen LogP contribution is -2.49. The molecule has 1 aromatic heterocycles. The number of methoxy groups -OCH3 is 1. The number of hydrogen-bond donors (Lipinski definition) is 1. The van der Waals surface area contributed by atoms with E-state index in [9.17, 15) is 4.79 Å². The summed E-state index contributed by atoms with van der Waals surface area (Å²) in [5, 5.41) is 7.97. The van der Waals surface area contributed by atoms with E-state index in [4.69, 9.17) is 4.74 Å². The maximum atomic E-state index is 13.0. The molecule has 2 fully saturated rings. The molecule has 2 aromatic rings. The number of carbonyl (C=O) groups is 1. The molecule has 144 valence electrons. The second-order valence-corrected chi connectivity index (χ2v) is 7.26. The minimum atomic E-state index is 0.0306. The molecule has 1 atom stereocenters. The Morgan fingerprint density at radius 2 is 1.93 bits per heavy atom. The number of rotatable bonds is 4. The van der Waals surface area contributed by atoms with Gasteiger partial charge in [-0.15, -0.1) is 0 Å². The lowest BCUT2D eigenvalue weighted by atomic mass is 10.2. The smallest absolute Gasteiger partial charge is 0.274 e. The summed E-state index contributed by atoms with van der Waals surface area (Å²) in [4.78, 5) is 17.4. The first-order valence-electron chi connectivity index (χ1n) is 9.61. The van der Waals surface area contributed by atoms with Gasteiger partial charge in [0.2, 0.25) is 0 Å². The summed E-state index contributed by atoms with van der Waals surface area (Å²) < 4.78 is 7.02. The highest BCUT2D eigenvalue weighted by atomic mass is 16.5. The quantitative estimate of drug-likeness (QED) is 0.880. The van der Waals surface area contributed by atoms with Crippen LogP contribution >= 0.6 is 0 Å². The lowest BCUT2D eigenvalue weighted by Gasteiger charge is -2.32. The molecule has 0 saturated carbocycles. The molecule has 1 amide bonds. The van der Waals surface area contributed by atoms with E-state index in [2.05, 4.69) is 15.3 Å². The Kier molecular flexibility index (Phi) is 5.13. The van der Waals surface area contributed by atoms with Crippen LogP contribution in [-0.2, 0) is 0 Å². The van der Waals surface area contributed by atoms with Gasteiger partial charge in [0.25, 0.3) is 5.91 Å². The van der Waals surface area contributed by atoms with E-state index in [0.717, 1.165) is 62.8 Å². The number of benzene rings is 1. The van der Waals surface area contributed by atoms with Crippen molar-refractivity contribution in [1.29, 1.82) is 0 Å². The van der Waals surface area contributed by atoms with E-state index in [0.29, 0.717) is 11.7 Å². The Labute approximate surface area is 159 Å². The number of ether oxygens (including phenoxy) is 1. The first-order chi connectivity index (χ1) is 13.2. The Morgan fingerprint density at radius 1 is 1.19 bits per heavy atom. The van der Waals surface area contributed by atoms with Crippen molar-refractivity contribution in [1.82, 2.24) is 24.9 Å². The predicted octanol–water partition coefficient (Wildman–Crippen LogP) is 1.31. The van der Waals surface area contributed by atoms with Crippen LogP contribution in [0.4, 0.5) is 0 Å². The van der Waals surface area contributed by atoms with Crippen molar-refractivity contribution in [2.75, 3.05) is 46.4 Å². The molecule has 7 nitrogen and oxygen atoms in total. The van der Waals surface area contributed by atoms with Crippen LogP contribution < -0.4 is 10.1 Å². The van der Waals surface area contributed by atoms with Crippen molar-refractivity contribution in [3.8, 4) is 11.4 Å². The van der Waals surface area contributed by atoms with Gasteiger partial charge in [-0.05, 0) is 43.7 Å². The predicted molar refractivity (Wildman–Crippen MR) is 104 cm³/mol. The van der Waals surface area contributed by atoms with Crippen LogP contribution in [0.25, 0.3) is 5.69 Å². The van der Waals surface area contributed by atoms with Gasteiger partial charge in [-0.1, -0.05) is 0 Å². The molecule has 2 saturated heterocycles. The van der Waals surface area contributed by atoms with Crippen molar-refractivity contribution in [2.45, 2.75) is 19.4 Å². The number of piperazine rings is 1. The highest BCUT2D eigenvalue weighted by Crippen LogP contribution is 2.21. The second-order valence-electron chi connectivity index (χ2n) is 7.26. The first-order valence-corrected chi connectivity index (χ1v) is 9.61. The van der Waals surface area contributed by atoms with Gasteiger partial charge in [0.05, 0.1) is 12.8 Å². The summed E-state index contributed by atoms with van der Waals surface area (Å²) in [6.45, 7) is 7.79. The Hall–Kier alpha value is -2.38. The fourth-order valence-electron chi connectivity index (χ4n) is 4.00. The summed E-state index contributed by atoms with van der Waals surface area (Å²) in [6.07, 6.45) is 1.05. The highest BCUT2D eigenvalue weighted by Gasteiger charge is 2.32. The fourth-order valence-corrected chi connectivity index (χ4v) is 4.00. The third-order valence-electron chi connectivity index (χ3n) is 5.54. The van der Waals surface area contributed by atoms with Gasteiger partial charge >= 0.3 is 0 Å². The maximum absolute atomic E-state index is 13.0. The molecule has 1 aromatic carbocycles. The highest BCUT2D eigenvalue weighted by molar-refractivity contribution is 5.92. The molecule has 1 N–H and O–H groups in total. The number of likely N-dealkylation sites (tertiary alicyclic amines) is 1. The molecule has 7 heteroatoms. The summed E-state index contributed by atoms with van der Waals surface area (Å²) in [5.74, 6) is 0.832. The molecule has 3 heterocycles. The van der Waals surface area contributed by atoms with Crippen molar-refractivity contribution in [3.05, 3.63) is 41.7 Å². The molecular weight excluding hydrogens is 342 g/mol. The van der Waals surface area contributed by atoms with Gasteiger partial charge < -0.3 is 15.0 Å². The number of nitrogens with zero attached hydrogens (tertiary/aromatic N) is 4. The van der Waals surface area contributed by atoms with Crippen LogP contribution in [0, 0.1) is 6.92 Å². The molecule has 2 aliphatic rings. The van der Waals surface area contributed by atoms with Gasteiger partial charge in [0.1, 0.15) is 5.75 Å². The maximum Gasteiger partial charge on any atom is 0.274 e. The number of nitrogens with one attached hydrogen (secondary N) is 1. The lowest BCUT2D eigenvalue weighted by molar-refractivity contribution is 0.0767. The number of carbonyl (C=O) groups excluding carboxylic acids is 1. The molecule has 1 unspecified atom stereocenters. The summed E-state index contributed by atoms with van der Waals surface area (Å²) >= 11 is 0. The Bertz CT molecular complexity index is 795. The van der Waals surface area contributed by atoms with Crippen molar-refractivity contribution < 1.29 is 9.53 Å². The molecule has 2 aliphatic heterocycles. The van der Waals surface area contributed by atoms with Gasteiger partial charge in [0, 0.05) is 51.0 Å². The Morgan fingerprint density at radius 3 is 2.63 bits per heavy atom. The van der Waals surface area contributed by atoms with Crippen LogP contribution in [0.15, 0.2) is 30.3 Å². The average molecular weight is 369 g/mol. The number of amides is 1. The molecular formula is C20H27N5O2. The minimum Gasteiger partial charge on any atom is -0.497 e. The first kappa shape index (κ1) is 18.0. The molecule has 0 radical (unpaired) electrons. The zero-order valence-electron chi connectivity index (χ0n) is 16.0. The van der Waals surface area contributed by atoms with Gasteiger partial charge in [-0.25, -0.2) is 4.68 Å². The topological polar surface area (TPSA) is 62.6 Å². The molecule has 0 spiro atoms. The van der Waals surface area contributed by atoms with E-state index in [1.54, 1.807) is 7.11 Å². The largest absolute Gasteiger partial charge is 0.497 e. The summed E-state index contributed by atoms with van der Waals surface area (Å²) in [6, 6.07) is 10.0. The van der Waals surface area contributed by atoms with Crippen LogP contribution in [0.1, 0.15) is 22.6 Å². The number of aromatic nitrogens is 2. The molecule has 0 bridgehead atoms. The van der Waals surface area contributed by atoms with Crippen LogP contribution in [0.3, 0.4) is 0 Å². The number of aryl methyl sites for hydroxylation is 1. The van der Waals surface area contributed by atoms with Gasteiger partial charge in [0.15, 0.2) is 5.69 Å². The molecule has 27 heavy (non-hydrogen) atoms. The third-order valence-corrected chi connectivity index (χ3v) is 5.54. The summed E-state index contributed by atoms with van der Waals surface area (Å²) in [5.41, 5.74) is 2.39. The van der Waals surface area contributed by atoms with E-state index < -0.39 is 0 Å². The SMILES string of the molecule is COc1ccc(-n2nc(C(=O)N3CCC(N4CCNCC4)C3)cc2C)cc1. The van der Waals surface area contributed by atoms with E-state index >= 15 is 0 Å². The van der Waals surface area contributed by atoms with Crippen molar-refractivity contribution in [2.24, 2.45) is 0 Å². The normalized spacial score (nSPS) is 20.8.